The minimum atomic E-state index is 0.628. The summed E-state index contributed by atoms with van der Waals surface area (Å²) < 4.78 is 0. The number of rotatable bonds is 3. The van der Waals surface area contributed by atoms with Crippen LogP contribution in [0, 0.1) is 0 Å². The van der Waals surface area contributed by atoms with Crippen LogP contribution in [0.25, 0.3) is 0 Å². The molecule has 0 atom stereocenters. The third-order valence-electron chi connectivity index (χ3n) is 1.88. The van der Waals surface area contributed by atoms with Crippen molar-refractivity contribution in [2.24, 2.45) is 5.73 Å². The number of hydrogen-bond acceptors (Lipinski definition) is 3. The summed E-state index contributed by atoms with van der Waals surface area (Å²) in [5.74, 6) is 0. The van der Waals surface area contributed by atoms with E-state index in [-0.39, 0.29) is 0 Å². The molecule has 3 N–H and O–H groups in total. The van der Waals surface area contributed by atoms with Crippen molar-refractivity contribution in [1.82, 2.24) is 10.2 Å². The van der Waals surface area contributed by atoms with Crippen molar-refractivity contribution in [3.05, 3.63) is 0 Å². The first kappa shape index (κ1) is 8.90. The lowest BCUT2D eigenvalue weighted by atomic mass is 10.3. The van der Waals surface area contributed by atoms with Gasteiger partial charge in [-0.05, 0) is 0 Å². The highest BCUT2D eigenvalue weighted by molar-refractivity contribution is 7.80. The fraction of sp³-hybridized carbons (Fsp3) is 0.857. The van der Waals surface area contributed by atoms with Gasteiger partial charge >= 0.3 is 0 Å². The molecule has 0 bridgehead atoms. The van der Waals surface area contributed by atoms with Gasteiger partial charge in [0.2, 0.25) is 0 Å². The van der Waals surface area contributed by atoms with Crippen LogP contribution in [0.1, 0.15) is 6.42 Å². The molecule has 0 aromatic rings. The lowest BCUT2D eigenvalue weighted by Crippen LogP contribution is -2.44. The van der Waals surface area contributed by atoms with E-state index in [1.807, 2.05) is 0 Å². The van der Waals surface area contributed by atoms with Crippen LogP contribution >= 0.6 is 12.2 Å². The van der Waals surface area contributed by atoms with Crippen LogP contribution in [-0.4, -0.2) is 42.6 Å². The molecule has 1 aliphatic heterocycles. The lowest BCUT2D eigenvalue weighted by molar-refractivity contribution is 0.247. The Labute approximate surface area is 72.9 Å². The summed E-state index contributed by atoms with van der Waals surface area (Å²) in [6.07, 6.45) is 0.856. The summed E-state index contributed by atoms with van der Waals surface area (Å²) in [6, 6.07) is 0. The molecule has 0 amide bonds. The Hall–Kier alpha value is -0.190. The van der Waals surface area contributed by atoms with Crippen molar-refractivity contribution in [2.45, 2.75) is 6.42 Å². The minimum absolute atomic E-state index is 0.628. The highest BCUT2D eigenvalue weighted by atomic mass is 32.1. The number of nitrogens with two attached hydrogens (primary N) is 1. The first-order valence-corrected chi connectivity index (χ1v) is 4.41. The summed E-state index contributed by atoms with van der Waals surface area (Å²) in [5, 5.41) is 3.30. The van der Waals surface area contributed by atoms with E-state index in [0.29, 0.717) is 4.99 Å². The molecule has 0 saturated carbocycles. The lowest BCUT2D eigenvalue weighted by Gasteiger charge is -2.26. The number of hydrogen-bond donors (Lipinski definition) is 2. The molecular weight excluding hydrogens is 158 g/mol. The normalized spacial score (nSPS) is 20.0. The first-order chi connectivity index (χ1) is 5.29. The van der Waals surface area contributed by atoms with E-state index in [4.69, 9.17) is 18.0 Å². The molecule has 0 aromatic carbocycles. The second-order valence-electron chi connectivity index (χ2n) is 2.81. The summed E-state index contributed by atoms with van der Waals surface area (Å²) in [4.78, 5) is 3.01. The van der Waals surface area contributed by atoms with Gasteiger partial charge < -0.3 is 16.0 Å². The maximum absolute atomic E-state index is 5.40. The fourth-order valence-corrected chi connectivity index (χ4v) is 1.29. The average molecular weight is 173 g/mol. The SMILES string of the molecule is NC(=S)CCN1CCNCC1. The standard InChI is InChI=1S/C7H15N3S/c8-7(11)1-4-10-5-2-9-3-6-10/h9H,1-6H2,(H2,8,11). The third kappa shape index (κ3) is 3.65. The Morgan fingerprint density at radius 1 is 1.45 bits per heavy atom. The van der Waals surface area contributed by atoms with Crippen LogP contribution in [0.4, 0.5) is 0 Å². The molecule has 64 valence electrons. The molecule has 0 aromatic heterocycles. The minimum Gasteiger partial charge on any atom is -0.393 e. The van der Waals surface area contributed by atoms with Crippen LogP contribution in [0.5, 0.6) is 0 Å². The molecule has 0 spiro atoms. The second-order valence-corrected chi connectivity index (χ2v) is 3.33. The van der Waals surface area contributed by atoms with Crippen LogP contribution in [0.15, 0.2) is 0 Å². The molecule has 1 fully saturated rings. The van der Waals surface area contributed by atoms with Crippen LogP contribution in [-0.2, 0) is 0 Å². The van der Waals surface area contributed by atoms with E-state index in [9.17, 15) is 0 Å². The summed E-state index contributed by atoms with van der Waals surface area (Å²) in [5.41, 5.74) is 5.40. The molecule has 0 radical (unpaired) electrons. The Morgan fingerprint density at radius 2 is 2.09 bits per heavy atom. The highest BCUT2D eigenvalue weighted by Gasteiger charge is 2.08. The highest BCUT2D eigenvalue weighted by Crippen LogP contribution is 1.93. The topological polar surface area (TPSA) is 41.3 Å². The summed E-state index contributed by atoms with van der Waals surface area (Å²) in [6.45, 7) is 5.47. The zero-order valence-corrected chi connectivity index (χ0v) is 7.49. The van der Waals surface area contributed by atoms with Gasteiger partial charge in [0.05, 0.1) is 4.99 Å². The van der Waals surface area contributed by atoms with Gasteiger partial charge in [0.1, 0.15) is 0 Å². The van der Waals surface area contributed by atoms with Crippen LogP contribution in [0.2, 0.25) is 0 Å². The molecule has 0 unspecified atom stereocenters. The van der Waals surface area contributed by atoms with E-state index < -0.39 is 0 Å². The van der Waals surface area contributed by atoms with Crippen molar-refractivity contribution >= 4 is 17.2 Å². The van der Waals surface area contributed by atoms with Crippen LogP contribution < -0.4 is 11.1 Å². The van der Waals surface area contributed by atoms with Crippen molar-refractivity contribution < 1.29 is 0 Å². The summed E-state index contributed by atoms with van der Waals surface area (Å²) in [7, 11) is 0. The van der Waals surface area contributed by atoms with Gasteiger partial charge in [-0.1, -0.05) is 12.2 Å². The van der Waals surface area contributed by atoms with E-state index in [2.05, 4.69) is 10.2 Å². The van der Waals surface area contributed by atoms with Gasteiger partial charge in [0.25, 0.3) is 0 Å². The van der Waals surface area contributed by atoms with Gasteiger partial charge in [-0.25, -0.2) is 0 Å². The number of piperazine rings is 1. The van der Waals surface area contributed by atoms with Gasteiger partial charge in [-0.3, -0.25) is 0 Å². The van der Waals surface area contributed by atoms with Gasteiger partial charge in [0.15, 0.2) is 0 Å². The quantitative estimate of drug-likeness (QED) is 0.568. The Kier molecular flexibility index (Phi) is 3.76. The predicted octanol–water partition coefficient (Wildman–Crippen LogP) is -0.432. The molecule has 1 aliphatic rings. The average Bonchev–Trinajstić information content (AvgIpc) is 2.03. The first-order valence-electron chi connectivity index (χ1n) is 4.00. The van der Waals surface area contributed by atoms with Gasteiger partial charge in [0, 0.05) is 39.1 Å². The molecule has 1 rings (SSSR count). The smallest absolute Gasteiger partial charge is 0.0740 e. The molecule has 1 heterocycles. The summed E-state index contributed by atoms with van der Waals surface area (Å²) >= 11 is 4.80. The Bertz CT molecular complexity index is 132. The molecular formula is C7H15N3S. The predicted molar refractivity (Wildman–Crippen MR) is 50.7 cm³/mol. The second kappa shape index (κ2) is 4.64. The van der Waals surface area contributed by atoms with Crippen molar-refractivity contribution in [3.63, 3.8) is 0 Å². The van der Waals surface area contributed by atoms with E-state index >= 15 is 0 Å². The maximum atomic E-state index is 5.40. The van der Waals surface area contributed by atoms with Gasteiger partial charge in [-0.15, -0.1) is 0 Å². The van der Waals surface area contributed by atoms with E-state index in [1.54, 1.807) is 0 Å². The zero-order chi connectivity index (χ0) is 8.10. The van der Waals surface area contributed by atoms with Gasteiger partial charge in [-0.2, -0.15) is 0 Å². The fourth-order valence-electron chi connectivity index (χ4n) is 1.20. The van der Waals surface area contributed by atoms with Crippen molar-refractivity contribution in [3.8, 4) is 0 Å². The number of nitrogens with one attached hydrogen (secondary N) is 1. The van der Waals surface area contributed by atoms with Crippen molar-refractivity contribution in [2.75, 3.05) is 32.7 Å². The molecule has 4 heteroatoms. The molecule has 0 aliphatic carbocycles. The number of nitrogens with zero attached hydrogens (tertiary/aromatic N) is 1. The van der Waals surface area contributed by atoms with E-state index in [1.165, 1.54) is 0 Å². The Balaban J connectivity index is 2.09. The zero-order valence-electron chi connectivity index (χ0n) is 6.68. The monoisotopic (exact) mass is 173 g/mol. The van der Waals surface area contributed by atoms with E-state index in [0.717, 1.165) is 39.1 Å². The van der Waals surface area contributed by atoms with Crippen LogP contribution in [0.3, 0.4) is 0 Å². The Morgan fingerprint density at radius 3 is 2.64 bits per heavy atom. The molecule has 1 saturated heterocycles. The largest absolute Gasteiger partial charge is 0.393 e. The third-order valence-corrected chi connectivity index (χ3v) is 2.09. The number of thiocarbonyl (C=S) groups is 1. The molecule has 11 heavy (non-hydrogen) atoms. The molecule has 3 nitrogen and oxygen atoms in total. The van der Waals surface area contributed by atoms with Crippen molar-refractivity contribution in [1.29, 1.82) is 0 Å². The maximum Gasteiger partial charge on any atom is 0.0740 e.